The highest BCUT2D eigenvalue weighted by Crippen LogP contribution is 2.34. The Morgan fingerprint density at radius 3 is 2.82 bits per heavy atom. The van der Waals surface area contributed by atoms with Crippen LogP contribution in [0.5, 0.6) is 5.88 Å². The highest BCUT2D eigenvalue weighted by atomic mass is 16.5. The molecule has 0 bridgehead atoms. The highest BCUT2D eigenvalue weighted by molar-refractivity contribution is 5.95. The number of nitriles is 1. The Morgan fingerprint density at radius 1 is 1.09 bits per heavy atom. The zero-order valence-electron chi connectivity index (χ0n) is 19.4. The van der Waals surface area contributed by atoms with E-state index >= 15 is 0 Å². The zero-order chi connectivity index (χ0) is 23.1. The van der Waals surface area contributed by atoms with Gasteiger partial charge in [0.2, 0.25) is 5.88 Å². The lowest BCUT2D eigenvalue weighted by Gasteiger charge is -2.45. The number of nitrogens with zero attached hydrogens (tertiary/aromatic N) is 6. The molecule has 0 radical (unpaired) electrons. The molecule has 0 spiro atoms. The molecule has 3 aliphatic heterocycles. The van der Waals surface area contributed by atoms with E-state index in [0.717, 1.165) is 79.7 Å². The molecule has 2 aromatic heterocycles. The minimum absolute atomic E-state index is 0.253. The van der Waals surface area contributed by atoms with Crippen LogP contribution in [-0.2, 0) is 6.54 Å². The van der Waals surface area contributed by atoms with Crippen molar-refractivity contribution in [3.63, 3.8) is 0 Å². The number of fused-ring (bicyclic) bond motifs is 3. The molecule has 3 aliphatic rings. The normalized spacial score (nSPS) is 22.9. The SMILES string of the molecule is C[C@@H]1CN(c2ccc(C#N)c3ncccc23)C[C@@H]2COc3nc(N4CCNCC4)ccc3CN21. The van der Waals surface area contributed by atoms with E-state index in [2.05, 4.69) is 62.3 Å². The van der Waals surface area contributed by atoms with Crippen molar-refractivity contribution < 1.29 is 4.74 Å². The molecule has 174 valence electrons. The molecule has 0 aliphatic carbocycles. The van der Waals surface area contributed by atoms with Gasteiger partial charge in [0.1, 0.15) is 18.5 Å². The van der Waals surface area contributed by atoms with Gasteiger partial charge < -0.3 is 19.9 Å². The first-order valence-electron chi connectivity index (χ1n) is 12.1. The van der Waals surface area contributed by atoms with Gasteiger partial charge in [-0.25, -0.2) is 0 Å². The van der Waals surface area contributed by atoms with Gasteiger partial charge in [0.05, 0.1) is 17.1 Å². The third-order valence-electron chi connectivity index (χ3n) is 7.29. The van der Waals surface area contributed by atoms with Crippen molar-refractivity contribution in [1.82, 2.24) is 20.2 Å². The van der Waals surface area contributed by atoms with Crippen molar-refractivity contribution in [2.45, 2.75) is 25.6 Å². The maximum Gasteiger partial charge on any atom is 0.219 e. The van der Waals surface area contributed by atoms with Gasteiger partial charge in [0, 0.05) is 74.7 Å². The summed E-state index contributed by atoms with van der Waals surface area (Å²) in [5, 5.41) is 13.9. The second-order valence-electron chi connectivity index (χ2n) is 9.41. The van der Waals surface area contributed by atoms with Gasteiger partial charge in [-0.1, -0.05) is 0 Å². The Hall–Kier alpha value is -3.41. The van der Waals surface area contributed by atoms with Crippen LogP contribution in [0, 0.1) is 11.3 Å². The molecule has 5 heterocycles. The average molecular weight is 456 g/mol. The minimum atomic E-state index is 0.253. The summed E-state index contributed by atoms with van der Waals surface area (Å²) >= 11 is 0. The molecule has 2 atom stereocenters. The summed E-state index contributed by atoms with van der Waals surface area (Å²) in [6.07, 6.45) is 1.76. The molecule has 0 saturated carbocycles. The molecule has 1 N–H and O–H groups in total. The van der Waals surface area contributed by atoms with Crippen molar-refractivity contribution in [2.75, 3.05) is 55.7 Å². The van der Waals surface area contributed by atoms with Gasteiger partial charge in [-0.3, -0.25) is 9.88 Å². The van der Waals surface area contributed by atoms with Gasteiger partial charge in [-0.05, 0) is 43.3 Å². The van der Waals surface area contributed by atoms with Crippen molar-refractivity contribution in [1.29, 1.82) is 5.26 Å². The number of hydrogen-bond acceptors (Lipinski definition) is 8. The van der Waals surface area contributed by atoms with Gasteiger partial charge >= 0.3 is 0 Å². The summed E-state index contributed by atoms with van der Waals surface area (Å²) in [7, 11) is 0. The monoisotopic (exact) mass is 455 g/mol. The van der Waals surface area contributed by atoms with Crippen LogP contribution < -0.4 is 19.9 Å². The largest absolute Gasteiger partial charge is 0.476 e. The molecule has 2 fully saturated rings. The molecule has 2 saturated heterocycles. The Kier molecular flexibility index (Phi) is 5.44. The smallest absolute Gasteiger partial charge is 0.219 e. The second-order valence-corrected chi connectivity index (χ2v) is 9.41. The highest BCUT2D eigenvalue weighted by Gasteiger charge is 2.36. The first kappa shape index (κ1) is 21.1. The maximum atomic E-state index is 9.51. The first-order chi connectivity index (χ1) is 16.7. The number of aromatic nitrogens is 2. The summed E-state index contributed by atoms with van der Waals surface area (Å²) in [6.45, 7) is 9.44. The van der Waals surface area contributed by atoms with Crippen molar-refractivity contribution >= 4 is 22.4 Å². The summed E-state index contributed by atoms with van der Waals surface area (Å²) in [5.74, 6) is 1.78. The number of benzene rings is 1. The number of hydrogen-bond donors (Lipinski definition) is 1. The summed E-state index contributed by atoms with van der Waals surface area (Å²) < 4.78 is 6.33. The first-order valence-corrected chi connectivity index (χ1v) is 12.1. The van der Waals surface area contributed by atoms with Gasteiger partial charge in [-0.2, -0.15) is 10.2 Å². The Bertz CT molecular complexity index is 1250. The lowest BCUT2D eigenvalue weighted by molar-refractivity contribution is 0.0884. The predicted molar refractivity (Wildman–Crippen MR) is 132 cm³/mol. The van der Waals surface area contributed by atoms with Gasteiger partial charge in [0.25, 0.3) is 0 Å². The van der Waals surface area contributed by atoms with Crippen LogP contribution in [0.15, 0.2) is 42.6 Å². The van der Waals surface area contributed by atoms with Crippen LogP contribution in [0.2, 0.25) is 0 Å². The molecule has 8 nitrogen and oxygen atoms in total. The molecule has 8 heteroatoms. The van der Waals surface area contributed by atoms with Crippen LogP contribution >= 0.6 is 0 Å². The number of pyridine rings is 2. The van der Waals surface area contributed by atoms with Gasteiger partial charge in [0.15, 0.2) is 0 Å². The zero-order valence-corrected chi connectivity index (χ0v) is 19.4. The summed E-state index contributed by atoms with van der Waals surface area (Å²) in [4.78, 5) is 16.7. The molecular weight excluding hydrogens is 426 g/mol. The summed E-state index contributed by atoms with van der Waals surface area (Å²) in [5.41, 5.74) is 3.68. The fourth-order valence-electron chi connectivity index (χ4n) is 5.52. The van der Waals surface area contributed by atoms with Crippen LogP contribution in [0.3, 0.4) is 0 Å². The van der Waals surface area contributed by atoms with E-state index < -0.39 is 0 Å². The topological polar surface area (TPSA) is 80.5 Å². The van der Waals surface area contributed by atoms with Crippen molar-refractivity contribution in [3.8, 4) is 11.9 Å². The third kappa shape index (κ3) is 3.71. The number of anilines is 2. The van der Waals surface area contributed by atoms with E-state index in [0.29, 0.717) is 18.2 Å². The van der Waals surface area contributed by atoms with E-state index in [9.17, 15) is 5.26 Å². The molecule has 0 unspecified atom stereocenters. The average Bonchev–Trinajstić information content (AvgIpc) is 3.08. The number of nitrogens with one attached hydrogen (secondary N) is 1. The maximum absolute atomic E-state index is 9.51. The predicted octanol–water partition coefficient (Wildman–Crippen LogP) is 2.38. The van der Waals surface area contributed by atoms with Crippen molar-refractivity contribution in [3.05, 3.63) is 53.7 Å². The van der Waals surface area contributed by atoms with E-state index in [4.69, 9.17) is 9.72 Å². The lowest BCUT2D eigenvalue weighted by atomic mass is 10.0. The second kappa shape index (κ2) is 8.75. The van der Waals surface area contributed by atoms with Crippen LogP contribution in [0.4, 0.5) is 11.5 Å². The standard InChI is InChI=1S/C26H29N7O/c1-18-14-32(23-6-4-19(13-27)25-22(23)3-2-8-29-25)16-21-17-34-26-20(15-33(18)21)5-7-24(30-26)31-11-9-28-10-12-31/h2-8,18,21,28H,9-12,14-17H2,1H3/t18-,21-/m1/s1. The molecule has 0 amide bonds. The Labute approximate surface area is 199 Å². The van der Waals surface area contributed by atoms with Crippen LogP contribution in [0.1, 0.15) is 18.1 Å². The quantitative estimate of drug-likeness (QED) is 0.631. The van der Waals surface area contributed by atoms with E-state index in [1.165, 1.54) is 0 Å². The van der Waals surface area contributed by atoms with Crippen molar-refractivity contribution in [2.24, 2.45) is 0 Å². The molecule has 1 aromatic carbocycles. The van der Waals surface area contributed by atoms with E-state index in [-0.39, 0.29) is 6.04 Å². The molecular formula is C26H29N7O. The molecule has 6 rings (SSSR count). The Balaban J connectivity index is 1.26. The van der Waals surface area contributed by atoms with Crippen LogP contribution in [-0.4, -0.2) is 72.8 Å². The fraction of sp³-hybridized carbons (Fsp3) is 0.423. The molecule has 34 heavy (non-hydrogen) atoms. The van der Waals surface area contributed by atoms with E-state index in [1.807, 2.05) is 12.1 Å². The summed E-state index contributed by atoms with van der Waals surface area (Å²) in [6, 6.07) is 15.2. The van der Waals surface area contributed by atoms with Crippen LogP contribution in [0.25, 0.3) is 10.9 Å². The van der Waals surface area contributed by atoms with Gasteiger partial charge in [-0.15, -0.1) is 0 Å². The number of rotatable bonds is 2. The number of piperazine rings is 2. The minimum Gasteiger partial charge on any atom is -0.476 e. The fourth-order valence-corrected chi connectivity index (χ4v) is 5.52. The Morgan fingerprint density at radius 2 is 1.97 bits per heavy atom. The number of ether oxygens (including phenoxy) is 1. The van der Waals surface area contributed by atoms with E-state index in [1.54, 1.807) is 6.20 Å². The lowest BCUT2D eigenvalue weighted by Crippen LogP contribution is -2.58. The third-order valence-corrected chi connectivity index (χ3v) is 7.29. The molecule has 3 aromatic rings.